The fourth-order valence-corrected chi connectivity index (χ4v) is 4.59. The summed E-state index contributed by atoms with van der Waals surface area (Å²) in [4.78, 5) is 5.14. The Morgan fingerprint density at radius 2 is 1.96 bits per heavy atom. The van der Waals surface area contributed by atoms with Gasteiger partial charge in [-0.05, 0) is 23.8 Å². The van der Waals surface area contributed by atoms with Crippen molar-refractivity contribution in [1.29, 1.82) is 0 Å². The third-order valence-corrected chi connectivity index (χ3v) is 5.86. The van der Waals surface area contributed by atoms with E-state index in [1.807, 2.05) is 18.2 Å². The summed E-state index contributed by atoms with van der Waals surface area (Å²) < 4.78 is 25.2. The SMILES string of the molecule is NS(=O)(=O)c1cccc(-c2cc3cnccc3s2)c1C1NNNN1. The first-order chi connectivity index (χ1) is 11.5. The summed E-state index contributed by atoms with van der Waals surface area (Å²) in [5.74, 6) is 0. The van der Waals surface area contributed by atoms with E-state index in [1.165, 1.54) is 6.07 Å². The zero-order chi connectivity index (χ0) is 16.7. The fraction of sp³-hybridized carbons (Fsp3) is 0.0714. The second-order valence-corrected chi connectivity index (χ2v) is 7.87. The van der Waals surface area contributed by atoms with Crippen molar-refractivity contribution in [1.82, 2.24) is 26.9 Å². The van der Waals surface area contributed by atoms with Crippen molar-refractivity contribution < 1.29 is 8.42 Å². The van der Waals surface area contributed by atoms with Crippen LogP contribution in [0.3, 0.4) is 0 Å². The van der Waals surface area contributed by atoms with E-state index in [1.54, 1.807) is 29.8 Å². The van der Waals surface area contributed by atoms with Gasteiger partial charge in [0.25, 0.3) is 0 Å². The van der Waals surface area contributed by atoms with E-state index < -0.39 is 16.2 Å². The van der Waals surface area contributed by atoms with Crippen LogP contribution in [0.2, 0.25) is 0 Å². The van der Waals surface area contributed by atoms with Crippen LogP contribution in [0, 0.1) is 0 Å². The second-order valence-electron chi connectivity index (χ2n) is 5.26. The number of sulfonamides is 1. The van der Waals surface area contributed by atoms with Crippen LogP contribution < -0.4 is 27.1 Å². The van der Waals surface area contributed by atoms with Crippen molar-refractivity contribution in [2.45, 2.75) is 11.1 Å². The molecule has 8 nitrogen and oxygen atoms in total. The minimum absolute atomic E-state index is 0.0751. The third kappa shape index (κ3) is 2.70. The summed E-state index contributed by atoms with van der Waals surface area (Å²) in [5.41, 5.74) is 12.6. The Bertz CT molecular complexity index is 978. The maximum absolute atomic E-state index is 12.0. The number of pyridine rings is 1. The molecule has 10 heteroatoms. The fourth-order valence-electron chi connectivity index (χ4n) is 2.72. The number of hydrogen-bond donors (Lipinski definition) is 5. The first-order valence-corrected chi connectivity index (χ1v) is 9.41. The molecule has 1 saturated heterocycles. The average Bonchev–Trinajstić information content (AvgIpc) is 3.22. The van der Waals surface area contributed by atoms with Crippen molar-refractivity contribution in [3.05, 3.63) is 48.3 Å². The minimum Gasteiger partial charge on any atom is -0.264 e. The molecule has 2 aromatic heterocycles. The number of benzene rings is 1. The molecule has 0 unspecified atom stereocenters. The lowest BCUT2D eigenvalue weighted by atomic mass is 10.0. The number of primary sulfonamides is 1. The van der Waals surface area contributed by atoms with Gasteiger partial charge in [0.1, 0.15) is 6.17 Å². The number of nitrogens with zero attached hydrogens (tertiary/aromatic N) is 1. The maximum Gasteiger partial charge on any atom is 0.238 e. The van der Waals surface area contributed by atoms with Crippen molar-refractivity contribution >= 4 is 31.4 Å². The normalized spacial score (nSPS) is 16.0. The molecular formula is C14H14N6O2S2. The molecule has 0 spiro atoms. The first-order valence-electron chi connectivity index (χ1n) is 7.05. The van der Waals surface area contributed by atoms with E-state index in [-0.39, 0.29) is 4.90 Å². The Hall–Kier alpha value is -1.92. The molecule has 1 fully saturated rings. The standard InChI is InChI=1S/C14H14N6O2S2/c15-24(21,22)12-3-1-2-9(13(12)14-17-19-20-18-14)11-6-8-7-16-5-4-10(8)23-11/h1-7,14,17-20H,(H2,15,21,22). The molecule has 4 rings (SSSR count). The Morgan fingerprint density at radius 1 is 1.17 bits per heavy atom. The van der Waals surface area contributed by atoms with Gasteiger partial charge in [-0.15, -0.1) is 11.3 Å². The molecule has 0 radical (unpaired) electrons. The smallest absolute Gasteiger partial charge is 0.238 e. The molecule has 0 amide bonds. The monoisotopic (exact) mass is 362 g/mol. The number of fused-ring (bicyclic) bond motifs is 1. The quantitative estimate of drug-likeness (QED) is 0.466. The Balaban J connectivity index is 1.97. The van der Waals surface area contributed by atoms with Crippen LogP contribution in [0.15, 0.2) is 47.6 Å². The molecule has 124 valence electrons. The van der Waals surface area contributed by atoms with Crippen molar-refractivity contribution in [2.75, 3.05) is 0 Å². The van der Waals surface area contributed by atoms with Gasteiger partial charge in [-0.3, -0.25) is 4.98 Å². The molecular weight excluding hydrogens is 348 g/mol. The second kappa shape index (κ2) is 5.86. The summed E-state index contributed by atoms with van der Waals surface area (Å²) in [5, 5.41) is 6.42. The molecule has 3 heterocycles. The lowest BCUT2D eigenvalue weighted by Gasteiger charge is -2.17. The third-order valence-electron chi connectivity index (χ3n) is 3.74. The van der Waals surface area contributed by atoms with E-state index in [0.717, 1.165) is 20.5 Å². The summed E-state index contributed by atoms with van der Waals surface area (Å²) >= 11 is 1.57. The van der Waals surface area contributed by atoms with Gasteiger partial charge in [-0.2, -0.15) is 11.1 Å². The molecule has 1 aliphatic heterocycles. The highest BCUT2D eigenvalue weighted by Crippen LogP contribution is 2.38. The Morgan fingerprint density at radius 3 is 2.67 bits per heavy atom. The highest BCUT2D eigenvalue weighted by molar-refractivity contribution is 7.89. The number of nitrogens with one attached hydrogen (secondary N) is 4. The van der Waals surface area contributed by atoms with Crippen molar-refractivity contribution in [3.63, 3.8) is 0 Å². The largest absolute Gasteiger partial charge is 0.264 e. The van der Waals surface area contributed by atoms with Gasteiger partial charge >= 0.3 is 0 Å². The molecule has 3 aromatic rings. The molecule has 1 aromatic carbocycles. The summed E-state index contributed by atoms with van der Waals surface area (Å²) in [6, 6.07) is 9.00. The molecule has 0 atom stereocenters. The van der Waals surface area contributed by atoms with Gasteiger partial charge in [-0.1, -0.05) is 12.1 Å². The molecule has 0 bridgehead atoms. The zero-order valence-electron chi connectivity index (χ0n) is 12.3. The zero-order valence-corrected chi connectivity index (χ0v) is 13.9. The van der Waals surface area contributed by atoms with Crippen LogP contribution in [-0.4, -0.2) is 13.4 Å². The van der Waals surface area contributed by atoms with Crippen LogP contribution in [0.4, 0.5) is 0 Å². The highest BCUT2D eigenvalue weighted by atomic mass is 32.2. The average molecular weight is 362 g/mol. The van der Waals surface area contributed by atoms with Gasteiger partial charge in [0, 0.05) is 32.9 Å². The van der Waals surface area contributed by atoms with Gasteiger partial charge in [0.05, 0.1) is 4.90 Å². The maximum atomic E-state index is 12.0. The molecule has 0 saturated carbocycles. The van der Waals surface area contributed by atoms with Gasteiger partial charge < -0.3 is 0 Å². The predicted octanol–water partition coefficient (Wildman–Crippen LogP) is 0.726. The number of aromatic nitrogens is 1. The number of hydrogen-bond acceptors (Lipinski definition) is 8. The summed E-state index contributed by atoms with van der Waals surface area (Å²) in [7, 11) is -3.87. The Kier molecular flexibility index (Phi) is 3.81. The van der Waals surface area contributed by atoms with Gasteiger partial charge in [0.15, 0.2) is 0 Å². The van der Waals surface area contributed by atoms with Crippen molar-refractivity contribution in [2.24, 2.45) is 5.14 Å². The van der Waals surface area contributed by atoms with Gasteiger partial charge in [-0.25, -0.2) is 24.4 Å². The lowest BCUT2D eigenvalue weighted by Crippen LogP contribution is -2.33. The Labute approximate surface area is 142 Å². The van der Waals surface area contributed by atoms with Crippen molar-refractivity contribution in [3.8, 4) is 10.4 Å². The highest BCUT2D eigenvalue weighted by Gasteiger charge is 2.27. The lowest BCUT2D eigenvalue weighted by molar-refractivity contribution is 0.541. The molecule has 0 aliphatic carbocycles. The number of hydrazine groups is 3. The van der Waals surface area contributed by atoms with E-state index in [9.17, 15) is 8.42 Å². The van der Waals surface area contributed by atoms with Crippen LogP contribution in [-0.2, 0) is 10.0 Å². The van der Waals surface area contributed by atoms with Crippen LogP contribution in [0.1, 0.15) is 11.7 Å². The first kappa shape index (κ1) is 15.6. The predicted molar refractivity (Wildman–Crippen MR) is 91.7 cm³/mol. The van der Waals surface area contributed by atoms with E-state index in [0.29, 0.717) is 5.56 Å². The molecule has 1 aliphatic rings. The number of rotatable bonds is 3. The number of thiophene rings is 1. The summed E-state index contributed by atoms with van der Waals surface area (Å²) in [6.45, 7) is 0. The van der Waals surface area contributed by atoms with E-state index in [4.69, 9.17) is 5.14 Å². The molecule has 6 N–H and O–H groups in total. The minimum atomic E-state index is -3.87. The summed E-state index contributed by atoms with van der Waals surface area (Å²) in [6.07, 6.45) is 3.06. The van der Waals surface area contributed by atoms with Crippen LogP contribution in [0.5, 0.6) is 0 Å². The molecule has 24 heavy (non-hydrogen) atoms. The van der Waals surface area contributed by atoms with E-state index in [2.05, 4.69) is 26.9 Å². The topological polar surface area (TPSA) is 121 Å². The number of nitrogens with two attached hydrogens (primary N) is 1. The van der Waals surface area contributed by atoms with Crippen LogP contribution >= 0.6 is 11.3 Å². The van der Waals surface area contributed by atoms with Crippen LogP contribution in [0.25, 0.3) is 20.5 Å². The van der Waals surface area contributed by atoms with E-state index >= 15 is 0 Å². The van der Waals surface area contributed by atoms with Gasteiger partial charge in [0.2, 0.25) is 10.0 Å².